The van der Waals surface area contributed by atoms with Gasteiger partial charge in [-0.25, -0.2) is 0 Å². The Morgan fingerprint density at radius 1 is 1.08 bits per heavy atom. The Labute approximate surface area is 232 Å². The molecule has 8 nitrogen and oxygen atoms in total. The summed E-state index contributed by atoms with van der Waals surface area (Å²) in [4.78, 5) is 32.5. The number of hydrogen-bond donors (Lipinski definition) is 3. The molecule has 3 rings (SSSR count). The van der Waals surface area contributed by atoms with Crippen molar-refractivity contribution in [1.29, 1.82) is 5.41 Å². The zero-order chi connectivity index (χ0) is 28.8. The van der Waals surface area contributed by atoms with E-state index in [0.717, 1.165) is 36.1 Å². The maximum Gasteiger partial charge on any atom is 0.274 e. The van der Waals surface area contributed by atoms with Gasteiger partial charge in [-0.3, -0.25) is 20.0 Å². The smallest absolute Gasteiger partial charge is 0.274 e. The van der Waals surface area contributed by atoms with Crippen molar-refractivity contribution in [1.82, 2.24) is 10.2 Å². The first-order valence-electron chi connectivity index (χ1n) is 13.5. The average Bonchev–Trinajstić information content (AvgIpc) is 3.23. The molecule has 0 radical (unpaired) electrons. The van der Waals surface area contributed by atoms with E-state index in [9.17, 15) is 9.59 Å². The number of nitrogens with one attached hydrogen (secondary N) is 2. The van der Waals surface area contributed by atoms with Crippen LogP contribution in [0, 0.1) is 16.2 Å². The molecule has 1 aliphatic rings. The van der Waals surface area contributed by atoms with Crippen LogP contribution in [-0.2, 0) is 4.79 Å². The Balaban J connectivity index is 1.78. The van der Waals surface area contributed by atoms with Gasteiger partial charge in [0.2, 0.25) is 0 Å². The number of carbonyl (C=O) groups is 2. The van der Waals surface area contributed by atoms with Crippen molar-refractivity contribution < 1.29 is 14.3 Å². The predicted molar refractivity (Wildman–Crippen MR) is 156 cm³/mol. The number of nitrogens with zero attached hydrogens (tertiary/aromatic N) is 2. The van der Waals surface area contributed by atoms with E-state index in [1.807, 2.05) is 41.3 Å². The van der Waals surface area contributed by atoms with E-state index >= 15 is 0 Å². The molecule has 0 bridgehead atoms. The van der Waals surface area contributed by atoms with Crippen LogP contribution in [0.5, 0.6) is 5.75 Å². The molecule has 1 atom stereocenters. The van der Waals surface area contributed by atoms with Crippen LogP contribution in [0.4, 0.5) is 0 Å². The van der Waals surface area contributed by atoms with Gasteiger partial charge in [0.1, 0.15) is 24.0 Å². The monoisotopic (exact) mass is 533 g/mol. The Hall–Kier alpha value is -3.68. The van der Waals surface area contributed by atoms with Gasteiger partial charge in [0.15, 0.2) is 0 Å². The van der Waals surface area contributed by atoms with Crippen LogP contribution in [0.1, 0.15) is 88.3 Å². The Kier molecular flexibility index (Phi) is 9.54. The quantitative estimate of drug-likeness (QED) is 0.267. The van der Waals surface area contributed by atoms with Crippen molar-refractivity contribution in [2.24, 2.45) is 21.6 Å². The number of aliphatic imine (C=N–C) groups is 1. The highest BCUT2D eigenvalue weighted by Crippen LogP contribution is 2.34. The summed E-state index contributed by atoms with van der Waals surface area (Å²) in [5.74, 6) is 0.223. The number of amides is 2. The first kappa shape index (κ1) is 29.9. The highest BCUT2D eigenvalue weighted by Gasteiger charge is 2.34. The molecule has 0 saturated carbocycles. The SMILES string of the molecule is CC(C)(C)CCOc1cccc(C2=NCN(C(CCC(C)(C)C)c3ccc(C(=O)NCC(=N)N)cc3)C2=O)c1. The van der Waals surface area contributed by atoms with Gasteiger partial charge in [-0.05, 0) is 59.9 Å². The minimum atomic E-state index is -0.296. The van der Waals surface area contributed by atoms with Gasteiger partial charge >= 0.3 is 0 Å². The third-order valence-electron chi connectivity index (χ3n) is 6.61. The molecular formula is C31H43N5O3. The molecule has 8 heteroatoms. The van der Waals surface area contributed by atoms with E-state index in [1.54, 1.807) is 12.1 Å². The second kappa shape index (κ2) is 12.5. The number of rotatable bonds is 11. The van der Waals surface area contributed by atoms with E-state index in [2.05, 4.69) is 51.9 Å². The minimum absolute atomic E-state index is 0.0000172. The number of hydrogen-bond acceptors (Lipinski definition) is 5. The molecule has 1 unspecified atom stereocenters. The van der Waals surface area contributed by atoms with Crippen molar-refractivity contribution in [3.8, 4) is 5.75 Å². The molecular weight excluding hydrogens is 490 g/mol. The summed E-state index contributed by atoms with van der Waals surface area (Å²) >= 11 is 0. The third kappa shape index (κ3) is 8.94. The number of benzene rings is 2. The zero-order valence-corrected chi connectivity index (χ0v) is 24.1. The van der Waals surface area contributed by atoms with E-state index in [-0.39, 0.29) is 47.7 Å². The van der Waals surface area contributed by atoms with E-state index in [1.165, 1.54) is 0 Å². The van der Waals surface area contributed by atoms with Crippen LogP contribution in [0.2, 0.25) is 0 Å². The molecule has 1 aliphatic heterocycles. The highest BCUT2D eigenvalue weighted by molar-refractivity contribution is 6.46. The summed E-state index contributed by atoms with van der Waals surface area (Å²) in [7, 11) is 0. The standard InChI is InChI=1S/C31H43N5O3/c1-30(2,3)15-14-25(21-10-12-22(13-11-21)28(37)34-19-26(32)33)36-20-35-27(29(36)38)23-8-7-9-24(18-23)39-17-16-31(4,5)6/h7-13,18,25H,14-17,19-20H2,1-6H3,(H3,32,33)(H,34,37). The van der Waals surface area contributed by atoms with Crippen molar-refractivity contribution in [2.75, 3.05) is 19.8 Å². The largest absolute Gasteiger partial charge is 0.494 e. The lowest BCUT2D eigenvalue weighted by Crippen LogP contribution is -2.35. The molecule has 39 heavy (non-hydrogen) atoms. The van der Waals surface area contributed by atoms with Gasteiger partial charge in [-0.2, -0.15) is 0 Å². The lowest BCUT2D eigenvalue weighted by molar-refractivity contribution is -0.125. The summed E-state index contributed by atoms with van der Waals surface area (Å²) in [6.07, 6.45) is 2.61. The summed E-state index contributed by atoms with van der Waals surface area (Å²) in [5, 5.41) is 9.92. The molecule has 0 spiro atoms. The summed E-state index contributed by atoms with van der Waals surface area (Å²) < 4.78 is 5.97. The van der Waals surface area contributed by atoms with Crippen LogP contribution in [0.3, 0.4) is 0 Å². The lowest BCUT2D eigenvalue weighted by atomic mass is 9.86. The van der Waals surface area contributed by atoms with Crippen molar-refractivity contribution >= 4 is 23.4 Å². The van der Waals surface area contributed by atoms with Gasteiger partial charge in [0, 0.05) is 11.1 Å². The van der Waals surface area contributed by atoms with E-state index in [4.69, 9.17) is 15.9 Å². The fraction of sp³-hybridized carbons (Fsp3) is 0.484. The van der Waals surface area contributed by atoms with Crippen LogP contribution in [0.15, 0.2) is 53.5 Å². The van der Waals surface area contributed by atoms with E-state index < -0.39 is 0 Å². The van der Waals surface area contributed by atoms with Crippen LogP contribution in [0.25, 0.3) is 0 Å². The number of nitrogens with two attached hydrogens (primary N) is 1. The lowest BCUT2D eigenvalue weighted by Gasteiger charge is -2.30. The summed E-state index contributed by atoms with van der Waals surface area (Å²) in [5.41, 5.74) is 8.24. The molecule has 2 amide bonds. The fourth-order valence-corrected chi connectivity index (χ4v) is 4.28. The van der Waals surface area contributed by atoms with Crippen molar-refractivity contribution in [3.05, 3.63) is 65.2 Å². The second-order valence-electron chi connectivity index (χ2n) is 12.6. The second-order valence-corrected chi connectivity index (χ2v) is 12.6. The van der Waals surface area contributed by atoms with Crippen LogP contribution < -0.4 is 15.8 Å². The molecule has 1 heterocycles. The number of amidine groups is 1. The van der Waals surface area contributed by atoms with Crippen LogP contribution >= 0.6 is 0 Å². The van der Waals surface area contributed by atoms with Crippen LogP contribution in [-0.4, -0.2) is 48.1 Å². The number of carbonyl (C=O) groups excluding carboxylic acids is 2. The van der Waals surface area contributed by atoms with E-state index in [0.29, 0.717) is 17.9 Å². The normalized spacial score (nSPS) is 14.7. The molecule has 0 saturated heterocycles. The number of ether oxygens (including phenoxy) is 1. The molecule has 210 valence electrons. The minimum Gasteiger partial charge on any atom is -0.494 e. The first-order chi connectivity index (χ1) is 18.2. The molecule has 0 fully saturated rings. The predicted octanol–water partition coefficient (Wildman–Crippen LogP) is 5.32. The van der Waals surface area contributed by atoms with Crippen molar-refractivity contribution in [3.63, 3.8) is 0 Å². The Morgan fingerprint density at radius 3 is 2.36 bits per heavy atom. The van der Waals surface area contributed by atoms with Gasteiger partial charge in [0.05, 0.1) is 19.2 Å². The topological polar surface area (TPSA) is 121 Å². The molecule has 0 aromatic heterocycles. The van der Waals surface area contributed by atoms with Gasteiger partial charge in [-0.1, -0.05) is 65.8 Å². The zero-order valence-electron chi connectivity index (χ0n) is 24.1. The average molecular weight is 534 g/mol. The maximum absolute atomic E-state index is 13.7. The molecule has 0 aliphatic carbocycles. The van der Waals surface area contributed by atoms with Crippen molar-refractivity contribution in [2.45, 2.75) is 66.8 Å². The Morgan fingerprint density at radius 2 is 1.74 bits per heavy atom. The third-order valence-corrected chi connectivity index (χ3v) is 6.61. The van der Waals surface area contributed by atoms with Gasteiger partial charge in [0.25, 0.3) is 11.8 Å². The van der Waals surface area contributed by atoms with Gasteiger partial charge < -0.3 is 20.7 Å². The molecule has 2 aromatic rings. The molecule has 2 aromatic carbocycles. The maximum atomic E-state index is 13.7. The fourth-order valence-electron chi connectivity index (χ4n) is 4.28. The Bertz CT molecular complexity index is 1210. The summed E-state index contributed by atoms with van der Waals surface area (Å²) in [6.45, 7) is 14.0. The molecule has 4 N–H and O–H groups in total. The highest BCUT2D eigenvalue weighted by atomic mass is 16.5. The summed E-state index contributed by atoms with van der Waals surface area (Å²) in [6, 6.07) is 14.7. The van der Waals surface area contributed by atoms with Gasteiger partial charge in [-0.15, -0.1) is 0 Å². The first-order valence-corrected chi connectivity index (χ1v) is 13.5.